The number of fused-ring (bicyclic) bond motifs is 1. The number of amides is 1. The molecule has 0 bridgehead atoms. The molecule has 240 valence electrons. The number of pyridine rings is 1. The molecule has 2 aliphatic heterocycles. The summed E-state index contributed by atoms with van der Waals surface area (Å²) in [6.07, 6.45) is 6.26. The number of carbonyl (C=O) groups excluding carboxylic acids is 1. The van der Waals surface area contributed by atoms with E-state index in [2.05, 4.69) is 21.4 Å². The molecule has 0 radical (unpaired) electrons. The van der Waals surface area contributed by atoms with Gasteiger partial charge in [-0.15, -0.1) is 0 Å². The van der Waals surface area contributed by atoms with E-state index in [1.807, 2.05) is 58.4 Å². The number of halogens is 1. The molecule has 1 amide bonds. The summed E-state index contributed by atoms with van der Waals surface area (Å²) < 4.78 is 15.6. The second kappa shape index (κ2) is 12.3. The van der Waals surface area contributed by atoms with Crippen molar-refractivity contribution in [3.8, 4) is 28.5 Å². The average molecular weight is 653 g/mol. The van der Waals surface area contributed by atoms with Crippen LogP contribution < -0.4 is 15.1 Å². The van der Waals surface area contributed by atoms with Gasteiger partial charge in [-0.2, -0.15) is 5.26 Å². The number of carbonyl (C=O) groups is 1. The maximum atomic E-state index is 13.6. The van der Waals surface area contributed by atoms with Gasteiger partial charge in [0.15, 0.2) is 5.13 Å². The third kappa shape index (κ3) is 5.78. The van der Waals surface area contributed by atoms with Crippen LogP contribution in [0.25, 0.3) is 28.0 Å². The van der Waals surface area contributed by atoms with E-state index < -0.39 is 6.10 Å². The van der Waals surface area contributed by atoms with Gasteiger partial charge in [0.1, 0.15) is 33.9 Å². The Bertz CT molecular complexity index is 1980. The predicted octanol–water partition coefficient (Wildman–Crippen LogP) is 3.63. The van der Waals surface area contributed by atoms with Gasteiger partial charge in [0, 0.05) is 62.0 Å². The Hall–Kier alpha value is -4.97. The Morgan fingerprint density at radius 2 is 1.83 bits per heavy atom. The molecule has 47 heavy (non-hydrogen) atoms. The molecule has 4 aromatic heterocycles. The van der Waals surface area contributed by atoms with Crippen LogP contribution in [0, 0.1) is 17.1 Å². The van der Waals surface area contributed by atoms with Crippen molar-refractivity contribution in [3.05, 3.63) is 71.4 Å². The van der Waals surface area contributed by atoms with Crippen molar-refractivity contribution in [2.45, 2.75) is 38.0 Å². The first-order valence-corrected chi connectivity index (χ1v) is 16.2. The first-order valence-electron chi connectivity index (χ1n) is 15.4. The fourth-order valence-corrected chi connectivity index (χ4v) is 7.06. The molecule has 6 heterocycles. The summed E-state index contributed by atoms with van der Waals surface area (Å²) in [5, 5.41) is 23.4. The highest BCUT2D eigenvalue weighted by atomic mass is 32.1. The predicted molar refractivity (Wildman–Crippen MR) is 177 cm³/mol. The minimum atomic E-state index is -0.464. The number of thiazole rings is 1. The second-order valence-corrected chi connectivity index (χ2v) is 12.9. The molecule has 2 fully saturated rings. The topological polar surface area (TPSA) is 139 Å². The minimum absolute atomic E-state index is 0.0117. The number of β-amino-alcohol motifs (C(OH)–C–C–N with tert-alkyl or cyclic N) is 1. The van der Waals surface area contributed by atoms with Gasteiger partial charge >= 0.3 is 0 Å². The third-order valence-corrected chi connectivity index (χ3v) is 9.78. The van der Waals surface area contributed by atoms with Crippen molar-refractivity contribution in [2.75, 3.05) is 43.5 Å². The van der Waals surface area contributed by atoms with Crippen LogP contribution in [0.3, 0.4) is 0 Å². The van der Waals surface area contributed by atoms with Gasteiger partial charge in [-0.25, -0.2) is 24.3 Å². The van der Waals surface area contributed by atoms with E-state index in [0.29, 0.717) is 59.7 Å². The zero-order valence-corrected chi connectivity index (χ0v) is 26.9. The number of nitriles is 1. The van der Waals surface area contributed by atoms with Gasteiger partial charge in [-0.3, -0.25) is 14.1 Å². The van der Waals surface area contributed by atoms with E-state index in [-0.39, 0.29) is 23.8 Å². The molecule has 2 aliphatic rings. The Balaban J connectivity index is 1.09. The standard InChI is InChI=1S/C33H33FN10O2S/c1-4-25-31(42(3)33-40-29(27(12-35)47-33)19-5-8-22(34)9-6-19)44-15-20(7-10-28(44)39-25)21-13-36-32(37-14-21)43-16-23(17-43)38-30(46)26-11-24(45)18-41(26)2/h5-10,13-15,23-24,26,45H,4,11,16-18H2,1-3H3,(H,38,46). The van der Waals surface area contributed by atoms with E-state index in [0.717, 1.165) is 28.3 Å². The zero-order valence-electron chi connectivity index (χ0n) is 26.1. The number of imidazole rings is 1. The number of nitrogens with zero attached hydrogens (tertiary/aromatic N) is 9. The number of aliphatic hydroxyl groups excluding tert-OH is 1. The Kier molecular flexibility index (Phi) is 8.04. The number of anilines is 3. The van der Waals surface area contributed by atoms with Crippen LogP contribution in [0.1, 0.15) is 23.9 Å². The molecule has 2 N–H and O–H groups in total. The van der Waals surface area contributed by atoms with Crippen molar-refractivity contribution in [3.63, 3.8) is 0 Å². The summed E-state index contributed by atoms with van der Waals surface area (Å²) in [5.41, 5.74) is 4.58. The minimum Gasteiger partial charge on any atom is -0.392 e. The number of aliphatic hydroxyl groups is 1. The molecule has 1 aromatic carbocycles. The van der Waals surface area contributed by atoms with Gasteiger partial charge in [0.05, 0.1) is 23.9 Å². The quantitative estimate of drug-likeness (QED) is 0.256. The largest absolute Gasteiger partial charge is 0.392 e. The van der Waals surface area contributed by atoms with Crippen LogP contribution >= 0.6 is 11.3 Å². The summed E-state index contributed by atoms with van der Waals surface area (Å²) in [6, 6.07) is 11.9. The number of likely N-dealkylation sites (tertiary alicyclic amines) is 1. The molecule has 0 aliphatic carbocycles. The molecule has 14 heteroatoms. The fraction of sp³-hybridized carbons (Fsp3) is 0.333. The summed E-state index contributed by atoms with van der Waals surface area (Å²) in [5.74, 6) is 1.03. The molecule has 7 rings (SSSR count). The SMILES string of the molecule is CCc1nc2ccc(-c3cnc(N4CC(NC(=O)C5CC(O)CN5C)C4)nc3)cn2c1N(C)c1nc(-c2ccc(F)cc2)c(C#N)s1. The van der Waals surface area contributed by atoms with Crippen LogP contribution in [-0.2, 0) is 11.2 Å². The molecule has 5 aromatic rings. The zero-order chi connectivity index (χ0) is 32.8. The normalized spacial score (nSPS) is 18.3. The number of aryl methyl sites for hydroxylation is 1. The van der Waals surface area contributed by atoms with Crippen LogP contribution in [0.15, 0.2) is 55.0 Å². The summed E-state index contributed by atoms with van der Waals surface area (Å²) in [7, 11) is 3.76. The smallest absolute Gasteiger partial charge is 0.237 e. The number of benzene rings is 1. The van der Waals surface area contributed by atoms with Gasteiger partial charge < -0.3 is 20.2 Å². The monoisotopic (exact) mass is 652 g/mol. The lowest BCUT2D eigenvalue weighted by Crippen LogP contribution is -2.61. The molecular weight excluding hydrogens is 619 g/mol. The molecular formula is C33H33FN10O2S. The van der Waals surface area contributed by atoms with E-state index in [9.17, 15) is 19.6 Å². The maximum absolute atomic E-state index is 13.6. The lowest BCUT2D eigenvalue weighted by atomic mass is 10.1. The van der Waals surface area contributed by atoms with Crippen LogP contribution in [0.4, 0.5) is 21.3 Å². The molecule has 12 nitrogen and oxygen atoms in total. The highest BCUT2D eigenvalue weighted by Gasteiger charge is 2.37. The van der Waals surface area contributed by atoms with Gasteiger partial charge in [0.2, 0.25) is 11.9 Å². The van der Waals surface area contributed by atoms with Crippen molar-refractivity contribution >= 4 is 39.8 Å². The third-order valence-electron chi connectivity index (χ3n) is 8.75. The molecule has 2 unspecified atom stereocenters. The lowest BCUT2D eigenvalue weighted by Gasteiger charge is -2.40. The van der Waals surface area contributed by atoms with Gasteiger partial charge in [-0.1, -0.05) is 18.3 Å². The van der Waals surface area contributed by atoms with Crippen molar-refractivity contribution in [1.29, 1.82) is 5.26 Å². The lowest BCUT2D eigenvalue weighted by molar-refractivity contribution is -0.126. The number of hydrogen-bond donors (Lipinski definition) is 2. The molecule has 2 atom stereocenters. The first-order chi connectivity index (χ1) is 22.7. The summed E-state index contributed by atoms with van der Waals surface area (Å²) >= 11 is 1.27. The van der Waals surface area contributed by atoms with Crippen LogP contribution in [0.2, 0.25) is 0 Å². The van der Waals surface area contributed by atoms with E-state index in [1.165, 1.54) is 23.5 Å². The van der Waals surface area contributed by atoms with Gasteiger partial charge in [-0.05, 0) is 56.3 Å². The molecule has 2 saturated heterocycles. The fourth-order valence-electron chi connectivity index (χ4n) is 6.21. The van der Waals surface area contributed by atoms with Crippen LogP contribution in [0.5, 0.6) is 0 Å². The summed E-state index contributed by atoms with van der Waals surface area (Å²) in [6.45, 7) is 3.79. The highest BCUT2D eigenvalue weighted by molar-refractivity contribution is 7.16. The Morgan fingerprint density at radius 1 is 1.11 bits per heavy atom. The molecule has 0 saturated carbocycles. The van der Waals surface area contributed by atoms with E-state index in [4.69, 9.17) is 9.97 Å². The number of hydrogen-bond acceptors (Lipinski definition) is 11. The Labute approximate surface area is 274 Å². The first kappa shape index (κ1) is 30.7. The average Bonchev–Trinajstić information content (AvgIpc) is 3.76. The highest BCUT2D eigenvalue weighted by Crippen LogP contribution is 2.37. The number of rotatable bonds is 8. The number of nitrogens with one attached hydrogen (secondary N) is 1. The Morgan fingerprint density at radius 3 is 2.49 bits per heavy atom. The number of likely N-dealkylation sites (N-methyl/N-ethyl adjacent to an activating group) is 1. The van der Waals surface area contributed by atoms with Crippen LogP contribution in [-0.4, -0.2) is 92.2 Å². The molecule has 0 spiro atoms. The van der Waals surface area contributed by atoms with Crippen molar-refractivity contribution < 1.29 is 14.3 Å². The second-order valence-electron chi connectivity index (χ2n) is 12.0. The van der Waals surface area contributed by atoms with E-state index >= 15 is 0 Å². The maximum Gasteiger partial charge on any atom is 0.237 e. The van der Waals surface area contributed by atoms with E-state index in [1.54, 1.807) is 24.5 Å². The van der Waals surface area contributed by atoms with Crippen molar-refractivity contribution in [1.82, 2.24) is 34.6 Å². The van der Waals surface area contributed by atoms with Gasteiger partial charge in [0.25, 0.3) is 0 Å². The van der Waals surface area contributed by atoms with Crippen molar-refractivity contribution in [2.24, 2.45) is 0 Å². The summed E-state index contributed by atoms with van der Waals surface area (Å²) in [4.78, 5) is 37.8. The number of aromatic nitrogens is 5.